The molecule has 0 aliphatic rings. The van der Waals surface area contributed by atoms with Crippen LogP contribution < -0.4 is 15.5 Å². The molecule has 1 aromatic rings. The molecule has 0 unspecified atom stereocenters. The number of rotatable bonds is 11. The lowest BCUT2D eigenvalue weighted by Crippen LogP contribution is -2.38. The van der Waals surface area contributed by atoms with Crippen LogP contribution >= 0.6 is 24.0 Å². The number of nitrogens with zero attached hydrogens (tertiary/aromatic N) is 2. The SMILES string of the molecule is CCNC(=NCc1ccc(N(C)C)cc1)NCCCOCCOC.I. The number of methoxy groups -OCH3 is 1. The minimum absolute atomic E-state index is 0. The Balaban J connectivity index is 0.00000576. The monoisotopic (exact) mass is 464 g/mol. The molecule has 0 heterocycles. The van der Waals surface area contributed by atoms with Crippen molar-refractivity contribution in [3.05, 3.63) is 29.8 Å². The van der Waals surface area contributed by atoms with Crippen molar-refractivity contribution in [2.45, 2.75) is 19.9 Å². The smallest absolute Gasteiger partial charge is 0.191 e. The normalized spacial score (nSPS) is 11.0. The number of hydrogen-bond donors (Lipinski definition) is 2. The van der Waals surface area contributed by atoms with Gasteiger partial charge >= 0.3 is 0 Å². The van der Waals surface area contributed by atoms with Gasteiger partial charge in [0.2, 0.25) is 0 Å². The summed E-state index contributed by atoms with van der Waals surface area (Å²) >= 11 is 0. The first-order valence-electron chi connectivity index (χ1n) is 8.52. The van der Waals surface area contributed by atoms with Gasteiger partial charge in [-0.3, -0.25) is 0 Å². The van der Waals surface area contributed by atoms with Crippen LogP contribution in [-0.4, -0.2) is 60.1 Å². The van der Waals surface area contributed by atoms with Crippen LogP contribution in [0.2, 0.25) is 0 Å². The first kappa shape index (κ1) is 23.9. The first-order chi connectivity index (χ1) is 11.7. The number of nitrogens with one attached hydrogen (secondary N) is 2. The van der Waals surface area contributed by atoms with Crippen molar-refractivity contribution in [1.82, 2.24) is 10.6 Å². The Bertz CT molecular complexity index is 467. The van der Waals surface area contributed by atoms with Crippen LogP contribution in [-0.2, 0) is 16.0 Å². The zero-order valence-corrected chi connectivity index (χ0v) is 18.2. The maximum Gasteiger partial charge on any atom is 0.191 e. The molecule has 25 heavy (non-hydrogen) atoms. The van der Waals surface area contributed by atoms with Crippen LogP contribution in [0, 0.1) is 0 Å². The molecule has 0 bridgehead atoms. The van der Waals surface area contributed by atoms with Crippen molar-refractivity contribution < 1.29 is 9.47 Å². The number of anilines is 1. The van der Waals surface area contributed by atoms with E-state index in [1.165, 1.54) is 11.3 Å². The van der Waals surface area contributed by atoms with E-state index < -0.39 is 0 Å². The second kappa shape index (κ2) is 15.2. The van der Waals surface area contributed by atoms with E-state index in [2.05, 4.69) is 51.7 Å². The Morgan fingerprint density at radius 3 is 2.40 bits per heavy atom. The number of halogens is 1. The molecule has 0 atom stereocenters. The van der Waals surface area contributed by atoms with E-state index in [0.29, 0.717) is 19.8 Å². The van der Waals surface area contributed by atoms with Gasteiger partial charge in [0.15, 0.2) is 5.96 Å². The third-order valence-corrected chi connectivity index (χ3v) is 3.41. The summed E-state index contributed by atoms with van der Waals surface area (Å²) in [6, 6.07) is 8.46. The highest BCUT2D eigenvalue weighted by Gasteiger charge is 1.99. The Hall–Kier alpha value is -1.06. The third kappa shape index (κ3) is 11.2. The van der Waals surface area contributed by atoms with E-state index in [1.54, 1.807) is 7.11 Å². The summed E-state index contributed by atoms with van der Waals surface area (Å²) in [6.45, 7) is 6.41. The lowest BCUT2D eigenvalue weighted by molar-refractivity contribution is 0.0698. The molecule has 1 rings (SSSR count). The molecule has 0 amide bonds. The molecule has 2 N–H and O–H groups in total. The average molecular weight is 464 g/mol. The van der Waals surface area contributed by atoms with Crippen LogP contribution in [0.5, 0.6) is 0 Å². The highest BCUT2D eigenvalue weighted by atomic mass is 127. The van der Waals surface area contributed by atoms with Crippen molar-refractivity contribution in [3.63, 3.8) is 0 Å². The topological polar surface area (TPSA) is 58.1 Å². The molecule has 6 nitrogen and oxygen atoms in total. The summed E-state index contributed by atoms with van der Waals surface area (Å²) in [5.74, 6) is 0.839. The molecule has 0 aliphatic heterocycles. The highest BCUT2D eigenvalue weighted by molar-refractivity contribution is 14.0. The number of aliphatic imine (C=N–C) groups is 1. The average Bonchev–Trinajstić information content (AvgIpc) is 2.59. The maximum atomic E-state index is 5.45. The summed E-state index contributed by atoms with van der Waals surface area (Å²) in [5.41, 5.74) is 2.39. The summed E-state index contributed by atoms with van der Waals surface area (Å²) in [6.07, 6.45) is 0.936. The van der Waals surface area contributed by atoms with Crippen LogP contribution in [0.3, 0.4) is 0 Å². The molecule has 0 spiro atoms. The predicted octanol–water partition coefficient (Wildman–Crippen LogP) is 2.48. The molecule has 0 aliphatic carbocycles. The van der Waals surface area contributed by atoms with Crippen LogP contribution in [0.1, 0.15) is 18.9 Å². The van der Waals surface area contributed by atoms with E-state index in [1.807, 2.05) is 14.1 Å². The largest absolute Gasteiger partial charge is 0.382 e. The zero-order valence-electron chi connectivity index (χ0n) is 15.9. The Kier molecular flexibility index (Phi) is 14.6. The van der Waals surface area contributed by atoms with Crippen molar-refractivity contribution >= 4 is 35.6 Å². The van der Waals surface area contributed by atoms with Gasteiger partial charge in [-0.25, -0.2) is 4.99 Å². The molecular weight excluding hydrogens is 431 g/mol. The molecule has 1 aromatic carbocycles. The van der Waals surface area contributed by atoms with Gasteiger partial charge in [-0.1, -0.05) is 12.1 Å². The zero-order chi connectivity index (χ0) is 17.6. The van der Waals surface area contributed by atoms with Gasteiger partial charge in [-0.15, -0.1) is 24.0 Å². The molecule has 0 radical (unpaired) electrons. The minimum Gasteiger partial charge on any atom is -0.382 e. The third-order valence-electron chi connectivity index (χ3n) is 3.41. The van der Waals surface area contributed by atoms with Gasteiger partial charge in [-0.2, -0.15) is 0 Å². The maximum absolute atomic E-state index is 5.45. The van der Waals surface area contributed by atoms with Crippen LogP contribution in [0.4, 0.5) is 5.69 Å². The highest BCUT2D eigenvalue weighted by Crippen LogP contribution is 2.12. The molecule has 144 valence electrons. The fourth-order valence-electron chi connectivity index (χ4n) is 2.04. The van der Waals surface area contributed by atoms with Gasteiger partial charge in [0, 0.05) is 46.6 Å². The number of guanidine groups is 1. The number of hydrogen-bond acceptors (Lipinski definition) is 4. The summed E-state index contributed by atoms with van der Waals surface area (Å²) < 4.78 is 10.4. The van der Waals surface area contributed by atoms with Crippen LogP contribution in [0.15, 0.2) is 29.3 Å². The number of benzene rings is 1. The second-order valence-electron chi connectivity index (χ2n) is 5.64. The first-order valence-corrected chi connectivity index (χ1v) is 8.52. The van der Waals surface area contributed by atoms with Gasteiger partial charge in [0.05, 0.1) is 19.8 Å². The molecule has 0 saturated carbocycles. The molecular formula is C18H33IN4O2. The lowest BCUT2D eigenvalue weighted by Gasteiger charge is -2.13. The van der Waals surface area contributed by atoms with Crippen molar-refractivity contribution in [3.8, 4) is 0 Å². The molecule has 0 saturated heterocycles. The van der Waals surface area contributed by atoms with Crippen LogP contribution in [0.25, 0.3) is 0 Å². The van der Waals surface area contributed by atoms with Gasteiger partial charge in [-0.05, 0) is 31.0 Å². The van der Waals surface area contributed by atoms with Crippen molar-refractivity contribution in [2.75, 3.05) is 59.0 Å². The van der Waals surface area contributed by atoms with E-state index in [4.69, 9.17) is 9.47 Å². The van der Waals surface area contributed by atoms with E-state index in [9.17, 15) is 0 Å². The lowest BCUT2D eigenvalue weighted by atomic mass is 10.2. The Labute approximate surface area is 169 Å². The van der Waals surface area contributed by atoms with Gasteiger partial charge < -0.3 is 25.0 Å². The second-order valence-corrected chi connectivity index (χ2v) is 5.64. The fourth-order valence-corrected chi connectivity index (χ4v) is 2.04. The predicted molar refractivity (Wildman–Crippen MR) is 116 cm³/mol. The van der Waals surface area contributed by atoms with Crippen molar-refractivity contribution in [1.29, 1.82) is 0 Å². The molecule has 0 aromatic heterocycles. The summed E-state index contributed by atoms with van der Waals surface area (Å²) in [5, 5.41) is 6.59. The Morgan fingerprint density at radius 1 is 1.08 bits per heavy atom. The van der Waals surface area contributed by atoms with E-state index in [-0.39, 0.29) is 24.0 Å². The molecule has 0 fully saturated rings. The minimum atomic E-state index is 0. The summed E-state index contributed by atoms with van der Waals surface area (Å²) in [4.78, 5) is 6.72. The molecule has 7 heteroatoms. The fraction of sp³-hybridized carbons (Fsp3) is 0.611. The standard InChI is InChI=1S/C18H32N4O2.HI/c1-5-19-18(20-11-6-12-24-14-13-23-4)21-15-16-7-9-17(10-8-16)22(2)3;/h7-10H,5-6,11-15H2,1-4H3,(H2,19,20,21);1H. The van der Waals surface area contributed by atoms with Crippen molar-refractivity contribution in [2.24, 2.45) is 4.99 Å². The Morgan fingerprint density at radius 2 is 1.80 bits per heavy atom. The van der Waals surface area contributed by atoms with Gasteiger partial charge in [0.25, 0.3) is 0 Å². The quantitative estimate of drug-likeness (QED) is 0.228. The number of ether oxygens (including phenoxy) is 2. The van der Waals surface area contributed by atoms with Gasteiger partial charge in [0.1, 0.15) is 0 Å². The van der Waals surface area contributed by atoms with E-state index >= 15 is 0 Å². The summed E-state index contributed by atoms with van der Waals surface area (Å²) in [7, 11) is 5.76. The van der Waals surface area contributed by atoms with E-state index in [0.717, 1.165) is 32.1 Å².